The van der Waals surface area contributed by atoms with Gasteiger partial charge in [0.15, 0.2) is 0 Å². The van der Waals surface area contributed by atoms with Gasteiger partial charge in [0.1, 0.15) is 0 Å². The van der Waals surface area contributed by atoms with Crippen molar-refractivity contribution in [3.8, 4) is 5.69 Å². The molecule has 0 saturated heterocycles. The molecule has 1 atom stereocenters. The van der Waals surface area contributed by atoms with Crippen LogP contribution in [0.15, 0.2) is 54.7 Å². The summed E-state index contributed by atoms with van der Waals surface area (Å²) in [5.41, 5.74) is 4.77. The molecule has 0 spiro atoms. The average Bonchev–Trinajstić information content (AvgIpc) is 3.09. The third kappa shape index (κ3) is 3.81. The Labute approximate surface area is 164 Å². The number of para-hydroxylation sites is 1. The number of ether oxygens (including phenoxy) is 1. The summed E-state index contributed by atoms with van der Waals surface area (Å²) in [6.07, 6.45) is 1.78. The summed E-state index contributed by atoms with van der Waals surface area (Å²) in [6, 6.07) is 14.2. The predicted molar refractivity (Wildman–Crippen MR) is 107 cm³/mol. The molecule has 2 aromatic carbocycles. The molecule has 1 N–H and O–H groups in total. The fourth-order valence-electron chi connectivity index (χ4n) is 3.15. The van der Waals surface area contributed by atoms with Crippen LogP contribution >= 0.6 is 0 Å². The van der Waals surface area contributed by atoms with Gasteiger partial charge in [0, 0.05) is 16.8 Å². The number of methoxy groups -OCH3 is 1. The Bertz CT molecular complexity index is 1020. The highest BCUT2D eigenvalue weighted by atomic mass is 16.5. The predicted octanol–water partition coefficient (Wildman–Crippen LogP) is 3.77. The molecule has 28 heavy (non-hydrogen) atoms. The number of nitrogens with zero attached hydrogens (tertiary/aromatic N) is 2. The molecule has 0 radical (unpaired) electrons. The number of carbonyl (C=O) groups is 2. The van der Waals surface area contributed by atoms with Gasteiger partial charge in [0.25, 0.3) is 5.91 Å². The Morgan fingerprint density at radius 2 is 1.79 bits per heavy atom. The lowest BCUT2D eigenvalue weighted by Crippen LogP contribution is -2.27. The van der Waals surface area contributed by atoms with E-state index in [0.717, 1.165) is 22.5 Å². The molecule has 6 nitrogen and oxygen atoms in total. The fourth-order valence-corrected chi connectivity index (χ4v) is 3.15. The number of benzene rings is 2. The van der Waals surface area contributed by atoms with Crippen molar-refractivity contribution < 1.29 is 14.3 Å². The number of hydrogen-bond acceptors (Lipinski definition) is 4. The Hall–Kier alpha value is -3.41. The lowest BCUT2D eigenvalue weighted by atomic mass is 10.1. The summed E-state index contributed by atoms with van der Waals surface area (Å²) >= 11 is 0. The van der Waals surface area contributed by atoms with E-state index in [1.807, 2.05) is 49.7 Å². The summed E-state index contributed by atoms with van der Waals surface area (Å²) in [5.74, 6) is -0.737. The maximum Gasteiger partial charge on any atom is 0.337 e. The second-order valence-corrected chi connectivity index (χ2v) is 6.65. The highest BCUT2D eigenvalue weighted by Crippen LogP contribution is 2.22. The quantitative estimate of drug-likeness (QED) is 0.687. The SMILES string of the molecule is COC(=O)c1cccc(C(=O)N[C@@H](C)c2cnn(-c3ccccc3C)c2C)c1. The molecule has 0 aliphatic rings. The van der Waals surface area contributed by atoms with Gasteiger partial charge >= 0.3 is 5.97 Å². The first kappa shape index (κ1) is 19.4. The van der Waals surface area contributed by atoms with Gasteiger partial charge in [0.2, 0.25) is 0 Å². The van der Waals surface area contributed by atoms with E-state index in [1.165, 1.54) is 13.2 Å². The molecule has 0 aliphatic heterocycles. The van der Waals surface area contributed by atoms with Gasteiger partial charge in [-0.05, 0) is 50.6 Å². The third-order valence-corrected chi connectivity index (χ3v) is 4.75. The normalized spacial score (nSPS) is 11.7. The van der Waals surface area contributed by atoms with E-state index in [2.05, 4.69) is 10.4 Å². The molecule has 0 unspecified atom stereocenters. The molecule has 6 heteroatoms. The second kappa shape index (κ2) is 8.08. The van der Waals surface area contributed by atoms with Gasteiger partial charge in [-0.1, -0.05) is 24.3 Å². The highest BCUT2D eigenvalue weighted by Gasteiger charge is 2.18. The van der Waals surface area contributed by atoms with Crippen molar-refractivity contribution in [1.29, 1.82) is 0 Å². The summed E-state index contributed by atoms with van der Waals surface area (Å²) in [6.45, 7) is 5.93. The largest absolute Gasteiger partial charge is 0.465 e. The summed E-state index contributed by atoms with van der Waals surface area (Å²) in [5, 5.41) is 7.47. The van der Waals surface area contributed by atoms with Crippen LogP contribution in [-0.2, 0) is 4.74 Å². The van der Waals surface area contributed by atoms with E-state index in [4.69, 9.17) is 4.74 Å². The lowest BCUT2D eigenvalue weighted by Gasteiger charge is -2.15. The standard InChI is InChI=1S/C22H23N3O3/c1-14-8-5-6-11-20(14)25-16(3)19(13-23-25)15(2)24-21(26)17-9-7-10-18(12-17)22(27)28-4/h5-13,15H,1-4H3,(H,24,26)/t15-/m0/s1. The average molecular weight is 377 g/mol. The first-order chi connectivity index (χ1) is 13.4. The first-order valence-corrected chi connectivity index (χ1v) is 9.02. The smallest absolute Gasteiger partial charge is 0.337 e. The minimum atomic E-state index is -0.474. The second-order valence-electron chi connectivity index (χ2n) is 6.65. The Morgan fingerprint density at radius 1 is 1.07 bits per heavy atom. The molecular weight excluding hydrogens is 354 g/mol. The highest BCUT2D eigenvalue weighted by molar-refractivity contribution is 5.98. The third-order valence-electron chi connectivity index (χ3n) is 4.75. The molecule has 0 fully saturated rings. The number of amides is 1. The zero-order valence-electron chi connectivity index (χ0n) is 16.4. The van der Waals surface area contributed by atoms with Crippen LogP contribution in [0.1, 0.15) is 50.5 Å². The Kier molecular flexibility index (Phi) is 5.59. The van der Waals surface area contributed by atoms with Crippen molar-refractivity contribution in [1.82, 2.24) is 15.1 Å². The van der Waals surface area contributed by atoms with Crippen molar-refractivity contribution in [2.45, 2.75) is 26.8 Å². The molecule has 0 aliphatic carbocycles. The van der Waals surface area contributed by atoms with E-state index in [0.29, 0.717) is 11.1 Å². The fraction of sp³-hybridized carbons (Fsp3) is 0.227. The zero-order chi connectivity index (χ0) is 20.3. The Balaban J connectivity index is 1.80. The number of esters is 1. The van der Waals surface area contributed by atoms with E-state index in [-0.39, 0.29) is 11.9 Å². The molecule has 144 valence electrons. The minimum Gasteiger partial charge on any atom is -0.465 e. The molecule has 3 aromatic rings. The van der Waals surface area contributed by atoms with Crippen molar-refractivity contribution in [2.24, 2.45) is 0 Å². The number of carbonyl (C=O) groups excluding carboxylic acids is 2. The van der Waals surface area contributed by atoms with Crippen LogP contribution in [0.5, 0.6) is 0 Å². The van der Waals surface area contributed by atoms with Gasteiger partial charge in [-0.25, -0.2) is 9.48 Å². The van der Waals surface area contributed by atoms with Crippen LogP contribution in [0.4, 0.5) is 0 Å². The van der Waals surface area contributed by atoms with E-state index in [9.17, 15) is 9.59 Å². The van der Waals surface area contributed by atoms with E-state index in [1.54, 1.807) is 24.4 Å². The van der Waals surface area contributed by atoms with Crippen LogP contribution in [0.25, 0.3) is 5.69 Å². The van der Waals surface area contributed by atoms with Gasteiger partial charge in [-0.2, -0.15) is 5.10 Å². The van der Waals surface area contributed by atoms with Gasteiger partial charge in [-0.15, -0.1) is 0 Å². The van der Waals surface area contributed by atoms with Crippen molar-refractivity contribution in [2.75, 3.05) is 7.11 Å². The molecule has 1 aromatic heterocycles. The summed E-state index contributed by atoms with van der Waals surface area (Å²) in [7, 11) is 1.31. The van der Waals surface area contributed by atoms with Crippen LogP contribution in [0.2, 0.25) is 0 Å². The topological polar surface area (TPSA) is 73.2 Å². The maximum atomic E-state index is 12.6. The number of hydrogen-bond donors (Lipinski definition) is 1. The zero-order valence-corrected chi connectivity index (χ0v) is 16.4. The van der Waals surface area contributed by atoms with Gasteiger partial charge in [0.05, 0.1) is 30.6 Å². The molecule has 3 rings (SSSR count). The molecule has 0 saturated carbocycles. The maximum absolute atomic E-state index is 12.6. The molecular formula is C22H23N3O3. The summed E-state index contributed by atoms with van der Waals surface area (Å²) in [4.78, 5) is 24.3. The van der Waals surface area contributed by atoms with Crippen LogP contribution < -0.4 is 5.32 Å². The van der Waals surface area contributed by atoms with Crippen LogP contribution in [0.3, 0.4) is 0 Å². The van der Waals surface area contributed by atoms with Crippen LogP contribution in [-0.4, -0.2) is 28.8 Å². The molecule has 1 amide bonds. The van der Waals surface area contributed by atoms with E-state index >= 15 is 0 Å². The summed E-state index contributed by atoms with van der Waals surface area (Å²) < 4.78 is 6.59. The van der Waals surface area contributed by atoms with Crippen molar-refractivity contribution in [3.63, 3.8) is 0 Å². The first-order valence-electron chi connectivity index (χ1n) is 9.02. The number of aromatic nitrogens is 2. The van der Waals surface area contributed by atoms with Gasteiger partial charge in [-0.3, -0.25) is 4.79 Å². The Morgan fingerprint density at radius 3 is 2.50 bits per heavy atom. The number of nitrogens with one attached hydrogen (secondary N) is 1. The molecule has 0 bridgehead atoms. The van der Waals surface area contributed by atoms with Crippen LogP contribution in [0, 0.1) is 13.8 Å². The van der Waals surface area contributed by atoms with Crippen molar-refractivity contribution in [3.05, 3.63) is 82.7 Å². The number of rotatable bonds is 5. The lowest BCUT2D eigenvalue weighted by molar-refractivity contribution is 0.0600. The van der Waals surface area contributed by atoms with Gasteiger partial charge < -0.3 is 10.1 Å². The molecule has 1 heterocycles. The minimum absolute atomic E-state index is 0.243. The number of aryl methyl sites for hydroxylation is 1. The van der Waals surface area contributed by atoms with E-state index < -0.39 is 5.97 Å². The monoisotopic (exact) mass is 377 g/mol. The van der Waals surface area contributed by atoms with Crippen molar-refractivity contribution >= 4 is 11.9 Å².